The molecular weight excluding hydrogens is 539 g/mol. The van der Waals surface area contributed by atoms with Crippen molar-refractivity contribution in [1.29, 1.82) is 0 Å². The van der Waals surface area contributed by atoms with Gasteiger partial charge in [0.1, 0.15) is 12.3 Å². The lowest BCUT2D eigenvalue weighted by molar-refractivity contribution is -0.123. The fourth-order valence-corrected chi connectivity index (χ4v) is 6.22. The minimum absolute atomic E-state index is 0.163. The monoisotopic (exact) mass is 567 g/mol. The first-order chi connectivity index (χ1) is 16.0. The van der Waals surface area contributed by atoms with Crippen LogP contribution in [-0.4, -0.2) is 72.1 Å². The Morgan fingerprint density at radius 1 is 1.23 bits per heavy atom. The zero-order chi connectivity index (χ0) is 26.7. The summed E-state index contributed by atoms with van der Waals surface area (Å²) >= 11 is 0. The van der Waals surface area contributed by atoms with Crippen molar-refractivity contribution in [3.05, 3.63) is 12.3 Å². The third-order valence-corrected chi connectivity index (χ3v) is 8.65. The minimum atomic E-state index is -5.70. The molecule has 20 heteroatoms. The molecule has 0 aliphatic carbocycles. The number of phosphoric ester groups is 1. The number of ether oxygens (including phenoxy) is 1. The predicted molar refractivity (Wildman–Crippen MR) is 115 cm³/mol. The molecule has 1 fully saturated rings. The molecule has 35 heavy (non-hydrogen) atoms. The third-order valence-electron chi connectivity index (χ3n) is 4.85. The van der Waals surface area contributed by atoms with Gasteiger partial charge >= 0.3 is 29.5 Å². The van der Waals surface area contributed by atoms with Crippen LogP contribution < -0.4 is 11.1 Å². The topological polar surface area (TPSA) is 265 Å². The van der Waals surface area contributed by atoms with E-state index in [1.54, 1.807) is 0 Å². The average Bonchev–Trinajstić information content (AvgIpc) is 3.04. The molecule has 2 aliphatic heterocycles. The van der Waals surface area contributed by atoms with Crippen LogP contribution in [0.5, 0.6) is 0 Å². The van der Waals surface area contributed by atoms with Gasteiger partial charge in [0.25, 0.3) is 0 Å². The number of urea groups is 1. The first-order valence-corrected chi connectivity index (χ1v) is 14.7. The Hall–Kier alpha value is -1.03. The standard InChI is InChI=1S/C15H28N3O14P3/c1-2-3-4-5-12(20)15(16)6-7-18(14(21)17-15)13-8-10(19)11(30-13)9-29-34(25,26)32-35(27,28)31-33(22,23)24/h6-7,10-11,13,19H,2-5,8-9,16H2,1H3,(H,17,21)(H,25,26)(H,27,28)(H2,22,23,24)/t10-,11+,13+,15?/m0/s1. The highest BCUT2D eigenvalue weighted by molar-refractivity contribution is 7.66. The van der Waals surface area contributed by atoms with Crippen molar-refractivity contribution in [2.75, 3.05) is 6.61 Å². The number of carbonyl (C=O) groups is 2. The smallest absolute Gasteiger partial charge is 0.390 e. The fourth-order valence-electron chi connectivity index (χ4n) is 3.19. The van der Waals surface area contributed by atoms with Gasteiger partial charge in [-0.15, -0.1) is 0 Å². The summed E-state index contributed by atoms with van der Waals surface area (Å²) in [5.41, 5.74) is 4.28. The molecule has 2 amide bonds. The van der Waals surface area contributed by atoms with Crippen LogP contribution >= 0.6 is 23.5 Å². The van der Waals surface area contributed by atoms with E-state index in [2.05, 4.69) is 18.5 Å². The number of rotatable bonds is 13. The predicted octanol–water partition coefficient (Wildman–Crippen LogP) is 0.149. The molecule has 8 N–H and O–H groups in total. The molecule has 1 saturated heterocycles. The van der Waals surface area contributed by atoms with Crippen LogP contribution in [0.3, 0.4) is 0 Å². The number of Topliss-reactive ketones (excluding diaryl/α,β-unsaturated/α-hetero) is 1. The molecule has 0 aromatic heterocycles. The van der Waals surface area contributed by atoms with Crippen molar-refractivity contribution >= 4 is 35.3 Å². The van der Waals surface area contributed by atoms with E-state index in [0.717, 1.165) is 17.7 Å². The SMILES string of the molecule is CCCCCC(=O)C1(N)C=CN([C@H]2C[C@H](O)[C@@H](COP(=O)(O)OP(=O)(O)OP(=O)(O)O)O2)C(=O)N1. The minimum Gasteiger partial charge on any atom is -0.390 e. The number of aliphatic hydroxyl groups excluding tert-OH is 1. The number of amides is 2. The number of phosphoric acid groups is 3. The summed E-state index contributed by atoms with van der Waals surface area (Å²) in [7, 11) is -16.7. The zero-order valence-electron chi connectivity index (χ0n) is 18.4. The summed E-state index contributed by atoms with van der Waals surface area (Å²) in [6, 6.07) is -0.801. The molecule has 2 aliphatic rings. The molecule has 0 aromatic carbocycles. The summed E-state index contributed by atoms with van der Waals surface area (Å²) in [5.74, 6) is -0.392. The number of carbonyl (C=O) groups excluding carboxylic acids is 2. The maximum Gasteiger partial charge on any atom is 0.490 e. The second-order valence-electron chi connectivity index (χ2n) is 7.72. The van der Waals surface area contributed by atoms with Crippen molar-refractivity contribution in [2.45, 2.75) is 63.1 Å². The highest BCUT2D eigenvalue weighted by Gasteiger charge is 2.45. The summed E-state index contributed by atoms with van der Waals surface area (Å²) in [6.07, 6.45) is 0.996. The van der Waals surface area contributed by atoms with Gasteiger partial charge in [-0.1, -0.05) is 19.8 Å². The lowest BCUT2D eigenvalue weighted by Gasteiger charge is -2.36. The molecule has 0 saturated carbocycles. The molecule has 0 spiro atoms. The summed E-state index contributed by atoms with van der Waals surface area (Å²) in [4.78, 5) is 61.6. The number of nitrogens with one attached hydrogen (secondary N) is 1. The maximum atomic E-state index is 12.5. The number of hydrogen-bond acceptors (Lipinski definition) is 11. The fraction of sp³-hybridized carbons (Fsp3) is 0.733. The van der Waals surface area contributed by atoms with Gasteiger partial charge in [0.2, 0.25) is 0 Å². The molecule has 2 rings (SSSR count). The highest BCUT2D eigenvalue weighted by atomic mass is 31.3. The molecule has 2 heterocycles. The van der Waals surface area contributed by atoms with E-state index in [4.69, 9.17) is 25.2 Å². The van der Waals surface area contributed by atoms with Gasteiger partial charge in [0.05, 0.1) is 12.7 Å². The van der Waals surface area contributed by atoms with Crippen molar-refractivity contribution in [3.63, 3.8) is 0 Å². The van der Waals surface area contributed by atoms with Gasteiger partial charge in [0.15, 0.2) is 11.4 Å². The number of nitrogens with zero attached hydrogens (tertiary/aromatic N) is 1. The normalized spacial score (nSPS) is 30.5. The second-order valence-corrected chi connectivity index (χ2v) is 12.1. The Morgan fingerprint density at radius 3 is 2.46 bits per heavy atom. The lowest BCUT2D eigenvalue weighted by Crippen LogP contribution is -2.65. The highest BCUT2D eigenvalue weighted by Crippen LogP contribution is 2.66. The van der Waals surface area contributed by atoms with Crippen LogP contribution in [0.4, 0.5) is 4.79 Å². The van der Waals surface area contributed by atoms with Gasteiger partial charge in [-0.25, -0.2) is 18.5 Å². The Labute approximate surface area is 199 Å². The zero-order valence-corrected chi connectivity index (χ0v) is 21.1. The van der Waals surface area contributed by atoms with Gasteiger partial charge < -0.3 is 34.7 Å². The maximum absolute atomic E-state index is 12.5. The van der Waals surface area contributed by atoms with Crippen molar-refractivity contribution in [1.82, 2.24) is 10.2 Å². The van der Waals surface area contributed by atoms with Crippen LogP contribution in [-0.2, 0) is 36.4 Å². The van der Waals surface area contributed by atoms with Crippen molar-refractivity contribution in [3.8, 4) is 0 Å². The van der Waals surface area contributed by atoms with Gasteiger partial charge in [-0.3, -0.25) is 20.0 Å². The van der Waals surface area contributed by atoms with Gasteiger partial charge in [-0.05, 0) is 12.5 Å². The molecule has 3 unspecified atom stereocenters. The Balaban J connectivity index is 1.96. The van der Waals surface area contributed by atoms with E-state index >= 15 is 0 Å². The van der Waals surface area contributed by atoms with Crippen LogP contribution in [0.1, 0.15) is 39.0 Å². The van der Waals surface area contributed by atoms with E-state index in [0.29, 0.717) is 6.42 Å². The third kappa shape index (κ3) is 9.09. The van der Waals surface area contributed by atoms with Crippen LogP contribution in [0, 0.1) is 0 Å². The summed E-state index contributed by atoms with van der Waals surface area (Å²) in [6.45, 7) is 1.08. The van der Waals surface area contributed by atoms with E-state index in [1.807, 2.05) is 6.92 Å². The second kappa shape index (κ2) is 11.6. The van der Waals surface area contributed by atoms with E-state index in [9.17, 15) is 33.3 Å². The first kappa shape index (κ1) is 30.2. The quantitative estimate of drug-likeness (QED) is 0.115. The average molecular weight is 567 g/mol. The number of hydrogen-bond donors (Lipinski definition) is 7. The number of aliphatic hydroxyl groups is 1. The first-order valence-electron chi connectivity index (χ1n) is 10.2. The lowest BCUT2D eigenvalue weighted by atomic mass is 9.99. The Bertz CT molecular complexity index is 972. The largest absolute Gasteiger partial charge is 0.490 e. The molecule has 0 bridgehead atoms. The van der Waals surface area contributed by atoms with Crippen LogP contribution in [0.15, 0.2) is 12.3 Å². The summed E-state index contributed by atoms with van der Waals surface area (Å²) in [5, 5.41) is 12.5. The van der Waals surface area contributed by atoms with Crippen molar-refractivity contribution in [2.24, 2.45) is 5.73 Å². The summed E-state index contributed by atoms with van der Waals surface area (Å²) < 4.78 is 50.9. The number of ketones is 1. The molecule has 0 aromatic rings. The Morgan fingerprint density at radius 2 is 1.89 bits per heavy atom. The van der Waals surface area contributed by atoms with E-state index in [-0.39, 0.29) is 12.8 Å². The van der Waals surface area contributed by atoms with E-state index < -0.39 is 66.0 Å². The molecule has 17 nitrogen and oxygen atoms in total. The van der Waals surface area contributed by atoms with E-state index in [1.165, 1.54) is 12.3 Å². The van der Waals surface area contributed by atoms with Crippen LogP contribution in [0.2, 0.25) is 0 Å². The number of nitrogens with two attached hydrogens (primary N) is 1. The van der Waals surface area contributed by atoms with Gasteiger partial charge in [-0.2, -0.15) is 8.62 Å². The molecular formula is C15H28N3O14P3. The van der Waals surface area contributed by atoms with Crippen molar-refractivity contribution < 1.29 is 65.8 Å². The molecule has 202 valence electrons. The Kier molecular flexibility index (Phi) is 9.98. The van der Waals surface area contributed by atoms with Gasteiger partial charge in [0, 0.05) is 19.0 Å². The molecule has 0 radical (unpaired) electrons. The number of unbranched alkanes of at least 4 members (excludes halogenated alkanes) is 2. The van der Waals surface area contributed by atoms with Crippen LogP contribution in [0.25, 0.3) is 0 Å². The molecule has 6 atom stereocenters.